The molecule has 2 amide bonds. The fourth-order valence-corrected chi connectivity index (χ4v) is 3.95. The molecule has 0 bridgehead atoms. The number of aliphatic carboxylic acids is 1. The summed E-state index contributed by atoms with van der Waals surface area (Å²) in [4.78, 5) is 27.0. The van der Waals surface area contributed by atoms with E-state index in [9.17, 15) is 14.0 Å². The maximum absolute atomic E-state index is 13.9. The van der Waals surface area contributed by atoms with Crippen molar-refractivity contribution in [3.63, 3.8) is 0 Å². The predicted octanol–water partition coefficient (Wildman–Crippen LogP) is 2.26. The van der Waals surface area contributed by atoms with E-state index < -0.39 is 5.97 Å². The zero-order chi connectivity index (χ0) is 18.7. The average Bonchev–Trinajstić information content (AvgIpc) is 3.06. The van der Waals surface area contributed by atoms with E-state index in [-0.39, 0.29) is 36.4 Å². The molecule has 1 heterocycles. The molecule has 1 aliphatic carbocycles. The number of hydrogen-bond acceptors (Lipinski definition) is 3. The number of nitrogens with one attached hydrogen (secondary N) is 1. The first-order valence-electron chi connectivity index (χ1n) is 9.23. The molecule has 0 radical (unpaired) electrons. The lowest BCUT2D eigenvalue weighted by atomic mass is 9.85. The van der Waals surface area contributed by atoms with Gasteiger partial charge in [0.15, 0.2) is 0 Å². The van der Waals surface area contributed by atoms with Gasteiger partial charge in [-0.1, -0.05) is 25.1 Å². The van der Waals surface area contributed by atoms with Gasteiger partial charge in [-0.25, -0.2) is 9.18 Å². The van der Waals surface area contributed by atoms with Crippen LogP contribution in [-0.4, -0.2) is 65.2 Å². The zero-order valence-electron chi connectivity index (χ0n) is 15.0. The van der Waals surface area contributed by atoms with Gasteiger partial charge in [0.05, 0.1) is 6.54 Å². The monoisotopic (exact) mass is 363 g/mol. The number of carbonyl (C=O) groups is 2. The molecule has 0 aromatic heterocycles. The Bertz CT molecular complexity index is 663. The molecule has 1 unspecified atom stereocenters. The average molecular weight is 363 g/mol. The molecular weight excluding hydrogens is 337 g/mol. The number of likely N-dealkylation sites (tertiary alicyclic amines) is 1. The largest absolute Gasteiger partial charge is 0.480 e. The number of carbonyl (C=O) groups excluding carboxylic acids is 1. The smallest absolute Gasteiger partial charge is 0.317 e. The van der Waals surface area contributed by atoms with Gasteiger partial charge in [-0.3, -0.25) is 9.69 Å². The van der Waals surface area contributed by atoms with E-state index >= 15 is 0 Å². The minimum atomic E-state index is -0.824. The molecule has 2 N–H and O–H groups in total. The van der Waals surface area contributed by atoms with Crippen LogP contribution in [0.4, 0.5) is 9.18 Å². The molecule has 1 aliphatic heterocycles. The third-order valence-corrected chi connectivity index (χ3v) is 5.52. The molecule has 6 nitrogen and oxygen atoms in total. The maximum Gasteiger partial charge on any atom is 0.317 e. The van der Waals surface area contributed by atoms with Gasteiger partial charge < -0.3 is 15.3 Å². The van der Waals surface area contributed by atoms with Crippen molar-refractivity contribution in [2.24, 2.45) is 0 Å². The minimum absolute atomic E-state index is 0.0400. The molecule has 142 valence electrons. The lowest BCUT2D eigenvalue weighted by Crippen LogP contribution is -2.56. The molecule has 1 aromatic rings. The van der Waals surface area contributed by atoms with Crippen LogP contribution >= 0.6 is 0 Å². The van der Waals surface area contributed by atoms with Gasteiger partial charge in [0.25, 0.3) is 0 Å². The highest BCUT2D eigenvalue weighted by Crippen LogP contribution is 2.30. The number of rotatable bonds is 6. The highest BCUT2D eigenvalue weighted by molar-refractivity contribution is 5.75. The molecule has 3 rings (SSSR count). The Hall–Kier alpha value is -2.15. The van der Waals surface area contributed by atoms with Gasteiger partial charge in [0.1, 0.15) is 5.82 Å². The van der Waals surface area contributed by atoms with E-state index in [1.165, 1.54) is 6.07 Å². The summed E-state index contributed by atoms with van der Waals surface area (Å²) in [6.45, 7) is 3.83. The SMILES string of the molecule is CCN(CC(=O)O)C1CC(NC(=O)N2CCC(c3ccccc3F)C2)C1. The third-order valence-electron chi connectivity index (χ3n) is 5.52. The molecule has 1 aromatic carbocycles. The lowest BCUT2D eigenvalue weighted by molar-refractivity contribution is -0.139. The number of nitrogens with zero attached hydrogens (tertiary/aromatic N) is 2. The van der Waals surface area contributed by atoms with Crippen LogP contribution < -0.4 is 5.32 Å². The molecule has 26 heavy (non-hydrogen) atoms. The number of likely N-dealkylation sites (N-methyl/N-ethyl adjacent to an activating group) is 1. The fraction of sp³-hybridized carbons (Fsp3) is 0.579. The molecule has 1 saturated heterocycles. The van der Waals surface area contributed by atoms with Crippen molar-refractivity contribution in [2.45, 2.75) is 44.2 Å². The van der Waals surface area contributed by atoms with Crippen molar-refractivity contribution in [1.29, 1.82) is 0 Å². The van der Waals surface area contributed by atoms with E-state index in [4.69, 9.17) is 5.11 Å². The minimum Gasteiger partial charge on any atom is -0.480 e. The first-order valence-corrected chi connectivity index (χ1v) is 9.23. The number of carboxylic acid groups (broad SMARTS) is 1. The van der Waals surface area contributed by atoms with Crippen molar-refractivity contribution < 1.29 is 19.1 Å². The quantitative estimate of drug-likeness (QED) is 0.813. The number of halogens is 1. The molecule has 2 aliphatic rings. The van der Waals surface area contributed by atoms with Crippen molar-refractivity contribution >= 4 is 12.0 Å². The number of amides is 2. The third kappa shape index (κ3) is 4.15. The summed E-state index contributed by atoms with van der Waals surface area (Å²) in [5, 5.41) is 12.0. The van der Waals surface area contributed by atoms with Gasteiger partial charge in [-0.2, -0.15) is 0 Å². The van der Waals surface area contributed by atoms with E-state index in [0.717, 1.165) is 19.3 Å². The second-order valence-corrected chi connectivity index (χ2v) is 7.18. The summed E-state index contributed by atoms with van der Waals surface area (Å²) in [5.41, 5.74) is 0.679. The van der Waals surface area contributed by atoms with E-state index in [1.54, 1.807) is 17.0 Å². The Balaban J connectivity index is 1.46. The molecule has 0 spiro atoms. The normalized spacial score (nSPS) is 25.2. The molecule has 1 saturated carbocycles. The zero-order valence-corrected chi connectivity index (χ0v) is 15.0. The predicted molar refractivity (Wildman–Crippen MR) is 95.6 cm³/mol. The van der Waals surface area contributed by atoms with Gasteiger partial charge >= 0.3 is 12.0 Å². The topological polar surface area (TPSA) is 72.9 Å². The van der Waals surface area contributed by atoms with Crippen molar-refractivity contribution in [2.75, 3.05) is 26.2 Å². The van der Waals surface area contributed by atoms with Crippen molar-refractivity contribution in [1.82, 2.24) is 15.1 Å². The summed E-state index contributed by atoms with van der Waals surface area (Å²) in [7, 11) is 0. The standard InChI is InChI=1S/C19H26FN3O3/c1-2-22(12-18(24)25)15-9-14(10-15)21-19(26)23-8-7-13(11-23)16-5-3-4-6-17(16)20/h3-6,13-15H,2,7-12H2,1H3,(H,21,26)(H,24,25). The second-order valence-electron chi connectivity index (χ2n) is 7.18. The second kappa shape index (κ2) is 8.03. The van der Waals surface area contributed by atoms with E-state index in [2.05, 4.69) is 5.32 Å². The van der Waals surface area contributed by atoms with Crippen LogP contribution in [-0.2, 0) is 4.79 Å². The van der Waals surface area contributed by atoms with Gasteiger partial charge in [0.2, 0.25) is 0 Å². The fourth-order valence-electron chi connectivity index (χ4n) is 3.95. The highest BCUT2D eigenvalue weighted by Gasteiger charge is 2.36. The molecule has 7 heteroatoms. The van der Waals surface area contributed by atoms with Crippen molar-refractivity contribution in [3.8, 4) is 0 Å². The number of benzene rings is 1. The summed E-state index contributed by atoms with van der Waals surface area (Å²) in [6, 6.07) is 6.95. The summed E-state index contributed by atoms with van der Waals surface area (Å²) in [6.07, 6.45) is 2.32. The summed E-state index contributed by atoms with van der Waals surface area (Å²) in [5.74, 6) is -0.988. The summed E-state index contributed by atoms with van der Waals surface area (Å²) >= 11 is 0. The van der Waals surface area contributed by atoms with Crippen LogP contribution in [0.5, 0.6) is 0 Å². The van der Waals surface area contributed by atoms with Crippen molar-refractivity contribution in [3.05, 3.63) is 35.6 Å². The maximum atomic E-state index is 13.9. The van der Waals surface area contributed by atoms with Crippen LogP contribution in [0.1, 0.15) is 37.7 Å². The number of hydrogen-bond donors (Lipinski definition) is 2. The Labute approximate surface area is 153 Å². The highest BCUT2D eigenvalue weighted by atomic mass is 19.1. The molecule has 2 fully saturated rings. The Morgan fingerprint density at radius 1 is 1.35 bits per heavy atom. The van der Waals surface area contributed by atoms with Crippen LogP contribution in [0.2, 0.25) is 0 Å². The lowest BCUT2D eigenvalue weighted by Gasteiger charge is -2.42. The van der Waals surface area contributed by atoms with Gasteiger partial charge in [-0.15, -0.1) is 0 Å². The van der Waals surface area contributed by atoms with Crippen LogP contribution in [0.3, 0.4) is 0 Å². The van der Waals surface area contributed by atoms with E-state index in [0.29, 0.717) is 25.2 Å². The van der Waals surface area contributed by atoms with Crippen LogP contribution in [0.25, 0.3) is 0 Å². The Morgan fingerprint density at radius 3 is 2.73 bits per heavy atom. The first kappa shape index (κ1) is 18.6. The van der Waals surface area contributed by atoms with Crippen LogP contribution in [0, 0.1) is 5.82 Å². The number of urea groups is 1. The van der Waals surface area contributed by atoms with Gasteiger partial charge in [0, 0.05) is 31.1 Å². The first-order chi connectivity index (χ1) is 12.5. The number of carboxylic acids is 1. The van der Waals surface area contributed by atoms with E-state index in [1.807, 2.05) is 17.9 Å². The Kier molecular flexibility index (Phi) is 5.76. The Morgan fingerprint density at radius 2 is 2.08 bits per heavy atom. The van der Waals surface area contributed by atoms with Gasteiger partial charge in [-0.05, 0) is 37.4 Å². The summed E-state index contributed by atoms with van der Waals surface area (Å²) < 4.78 is 13.9. The van der Waals surface area contributed by atoms with Crippen LogP contribution in [0.15, 0.2) is 24.3 Å². The molecular formula is C19H26FN3O3. The molecule has 1 atom stereocenters.